The maximum atomic E-state index is 13.4. The number of hydrogen-bond donors (Lipinski definition) is 1. The van der Waals surface area contributed by atoms with E-state index in [1.165, 1.54) is 23.5 Å². The number of hydrogen-bond acceptors (Lipinski definition) is 5. The van der Waals surface area contributed by atoms with Crippen molar-refractivity contribution >= 4 is 42.1 Å². The summed E-state index contributed by atoms with van der Waals surface area (Å²) in [6, 6.07) is 6.90. The summed E-state index contributed by atoms with van der Waals surface area (Å²) in [4.78, 5) is 21.6. The van der Waals surface area contributed by atoms with Gasteiger partial charge in [0.2, 0.25) is 5.91 Å². The lowest BCUT2D eigenvalue weighted by Crippen LogP contribution is -2.49. The normalized spacial score (nSPS) is 19.8. The Morgan fingerprint density at radius 2 is 2.04 bits per heavy atom. The van der Waals surface area contributed by atoms with Gasteiger partial charge in [0, 0.05) is 56.3 Å². The highest BCUT2D eigenvalue weighted by Crippen LogP contribution is 2.25. The number of halogens is 3. The van der Waals surface area contributed by atoms with Crippen LogP contribution in [-0.2, 0) is 11.2 Å². The number of carbonyl (C=O) groups excluding carboxylic acids is 1. The maximum absolute atomic E-state index is 13.4. The molecule has 3 heterocycles. The van der Waals surface area contributed by atoms with Crippen molar-refractivity contribution in [2.45, 2.75) is 18.9 Å². The second-order valence-corrected chi connectivity index (χ2v) is 7.76. The minimum Gasteiger partial charge on any atom is -0.341 e. The van der Waals surface area contributed by atoms with Gasteiger partial charge in [0.15, 0.2) is 0 Å². The first-order valence-electron chi connectivity index (χ1n) is 9.12. The number of benzene rings is 1. The highest BCUT2D eigenvalue weighted by Gasteiger charge is 2.31. The molecule has 0 aliphatic carbocycles. The fourth-order valence-electron chi connectivity index (χ4n) is 3.72. The Morgan fingerprint density at radius 1 is 1.25 bits per heavy atom. The molecule has 2 fully saturated rings. The first-order chi connectivity index (χ1) is 12.7. The van der Waals surface area contributed by atoms with Crippen LogP contribution in [0.2, 0.25) is 0 Å². The summed E-state index contributed by atoms with van der Waals surface area (Å²) in [5.41, 5.74) is 1.53. The Morgan fingerprint density at radius 3 is 2.79 bits per heavy atom. The van der Waals surface area contributed by atoms with Gasteiger partial charge in [-0.05, 0) is 18.6 Å². The van der Waals surface area contributed by atoms with Crippen LogP contribution in [0, 0.1) is 5.82 Å². The van der Waals surface area contributed by atoms with E-state index in [0.29, 0.717) is 12.5 Å². The van der Waals surface area contributed by atoms with Crippen molar-refractivity contribution in [1.82, 2.24) is 20.1 Å². The molecule has 2 saturated heterocycles. The zero-order chi connectivity index (χ0) is 17.9. The van der Waals surface area contributed by atoms with Crippen LogP contribution in [0.5, 0.6) is 0 Å². The van der Waals surface area contributed by atoms with Crippen LogP contribution >= 0.6 is 36.2 Å². The van der Waals surface area contributed by atoms with E-state index in [1.807, 2.05) is 16.3 Å². The third-order valence-electron chi connectivity index (χ3n) is 5.14. The number of carbonyl (C=O) groups is 1. The van der Waals surface area contributed by atoms with Gasteiger partial charge in [0.25, 0.3) is 0 Å². The van der Waals surface area contributed by atoms with E-state index in [0.717, 1.165) is 62.0 Å². The molecule has 2 aromatic rings. The van der Waals surface area contributed by atoms with Crippen molar-refractivity contribution in [2.75, 3.05) is 39.3 Å². The monoisotopic (exact) mass is 446 g/mol. The van der Waals surface area contributed by atoms with Gasteiger partial charge in [-0.15, -0.1) is 36.2 Å². The van der Waals surface area contributed by atoms with Gasteiger partial charge in [0.1, 0.15) is 10.8 Å². The zero-order valence-electron chi connectivity index (χ0n) is 15.5. The van der Waals surface area contributed by atoms with Gasteiger partial charge in [-0.2, -0.15) is 0 Å². The molecule has 154 valence electrons. The molecule has 9 heteroatoms. The molecule has 4 rings (SSSR count). The number of likely N-dealkylation sites (tertiary alicyclic amines) is 1. The van der Waals surface area contributed by atoms with Crippen LogP contribution < -0.4 is 5.32 Å². The smallest absolute Gasteiger partial charge is 0.228 e. The molecular weight excluding hydrogens is 422 g/mol. The lowest BCUT2D eigenvalue weighted by atomic mass is 10.2. The molecule has 2 aliphatic rings. The molecule has 1 aromatic carbocycles. The molecule has 0 bridgehead atoms. The Bertz CT molecular complexity index is 785. The van der Waals surface area contributed by atoms with Crippen LogP contribution in [0.15, 0.2) is 29.6 Å². The number of nitrogens with one attached hydrogen (secondary N) is 1. The second kappa shape index (κ2) is 10.5. The lowest BCUT2D eigenvalue weighted by molar-refractivity contribution is -0.129. The van der Waals surface area contributed by atoms with E-state index in [2.05, 4.69) is 15.2 Å². The molecule has 1 N–H and O–H groups in total. The number of thiazole rings is 1. The highest BCUT2D eigenvalue weighted by atomic mass is 35.5. The molecule has 2 aliphatic heterocycles. The first-order valence-corrected chi connectivity index (χ1v) is 10.00. The molecule has 0 radical (unpaired) electrons. The maximum Gasteiger partial charge on any atom is 0.228 e. The molecule has 1 aromatic heterocycles. The first kappa shape index (κ1) is 23.0. The molecular formula is C19H25Cl2FN4OS. The van der Waals surface area contributed by atoms with Crippen molar-refractivity contribution < 1.29 is 9.18 Å². The standard InChI is InChI=1S/C19H23FN4OS.2ClH/c20-15-3-1-2-14(10-15)19-22-16(13-26-19)11-18(25)24-7-4-17(12-24)23-8-5-21-6-9-23;;/h1-3,10,13,17,21H,4-9,11-12H2;2*1H. The minimum absolute atomic E-state index is 0. The van der Waals surface area contributed by atoms with Crippen LogP contribution in [0.4, 0.5) is 4.39 Å². The van der Waals surface area contributed by atoms with Crippen molar-refractivity contribution in [1.29, 1.82) is 0 Å². The van der Waals surface area contributed by atoms with Gasteiger partial charge in [0.05, 0.1) is 12.1 Å². The Hall–Kier alpha value is -1.25. The van der Waals surface area contributed by atoms with E-state index >= 15 is 0 Å². The third kappa shape index (κ3) is 5.42. The van der Waals surface area contributed by atoms with Crippen LogP contribution in [0.25, 0.3) is 10.6 Å². The lowest BCUT2D eigenvalue weighted by Gasteiger charge is -2.32. The fraction of sp³-hybridized carbons (Fsp3) is 0.474. The Balaban J connectivity index is 0.00000140. The third-order valence-corrected chi connectivity index (χ3v) is 6.08. The van der Waals surface area contributed by atoms with E-state index in [-0.39, 0.29) is 36.5 Å². The summed E-state index contributed by atoms with van der Waals surface area (Å²) >= 11 is 1.46. The molecule has 1 atom stereocenters. The number of piperazine rings is 1. The summed E-state index contributed by atoms with van der Waals surface area (Å²) < 4.78 is 13.4. The fourth-order valence-corrected chi connectivity index (χ4v) is 4.54. The van der Waals surface area contributed by atoms with Gasteiger partial charge >= 0.3 is 0 Å². The summed E-state index contributed by atoms with van der Waals surface area (Å²) in [5, 5.41) is 6.03. The summed E-state index contributed by atoms with van der Waals surface area (Å²) in [7, 11) is 0. The number of aromatic nitrogens is 1. The summed E-state index contributed by atoms with van der Waals surface area (Å²) in [6.45, 7) is 5.85. The van der Waals surface area contributed by atoms with Crippen LogP contribution in [0.3, 0.4) is 0 Å². The molecule has 0 spiro atoms. The molecule has 28 heavy (non-hydrogen) atoms. The van der Waals surface area contributed by atoms with Crippen molar-refractivity contribution in [3.05, 3.63) is 41.2 Å². The van der Waals surface area contributed by atoms with Crippen LogP contribution in [0.1, 0.15) is 12.1 Å². The predicted molar refractivity (Wildman–Crippen MR) is 115 cm³/mol. The van der Waals surface area contributed by atoms with Gasteiger partial charge in [-0.25, -0.2) is 9.37 Å². The van der Waals surface area contributed by atoms with E-state index in [9.17, 15) is 9.18 Å². The molecule has 0 saturated carbocycles. The zero-order valence-corrected chi connectivity index (χ0v) is 17.9. The van der Waals surface area contributed by atoms with Gasteiger partial charge < -0.3 is 10.2 Å². The van der Waals surface area contributed by atoms with Crippen molar-refractivity contribution in [2.24, 2.45) is 0 Å². The summed E-state index contributed by atoms with van der Waals surface area (Å²) in [5.74, 6) is -0.134. The number of rotatable bonds is 4. The number of nitrogens with zero attached hydrogens (tertiary/aromatic N) is 3. The molecule has 5 nitrogen and oxygen atoms in total. The van der Waals surface area contributed by atoms with Gasteiger partial charge in [-0.3, -0.25) is 9.69 Å². The van der Waals surface area contributed by atoms with Crippen molar-refractivity contribution in [3.8, 4) is 10.6 Å². The Kier molecular flexibility index (Phi) is 8.64. The average Bonchev–Trinajstić information content (AvgIpc) is 3.32. The topological polar surface area (TPSA) is 48.5 Å². The summed E-state index contributed by atoms with van der Waals surface area (Å²) in [6.07, 6.45) is 1.37. The predicted octanol–water partition coefficient (Wildman–Crippen LogP) is 2.84. The molecule has 1 amide bonds. The quantitative estimate of drug-likeness (QED) is 0.784. The SMILES string of the molecule is Cl.Cl.O=C(Cc1csc(-c2cccc(F)c2)n1)N1CCC(N2CCNCC2)C1. The molecule has 1 unspecified atom stereocenters. The van der Waals surface area contributed by atoms with Crippen LogP contribution in [-0.4, -0.2) is 66.0 Å². The van der Waals surface area contributed by atoms with E-state index < -0.39 is 0 Å². The van der Waals surface area contributed by atoms with Gasteiger partial charge in [-0.1, -0.05) is 12.1 Å². The number of amides is 1. The van der Waals surface area contributed by atoms with E-state index in [4.69, 9.17) is 0 Å². The minimum atomic E-state index is -0.272. The average molecular weight is 447 g/mol. The van der Waals surface area contributed by atoms with Crippen molar-refractivity contribution in [3.63, 3.8) is 0 Å². The second-order valence-electron chi connectivity index (χ2n) is 6.90. The largest absolute Gasteiger partial charge is 0.341 e. The highest BCUT2D eigenvalue weighted by molar-refractivity contribution is 7.13. The van der Waals surface area contributed by atoms with E-state index in [1.54, 1.807) is 6.07 Å². The Labute approximate surface area is 181 Å².